The summed E-state index contributed by atoms with van der Waals surface area (Å²) in [4.78, 5) is 16.4. The molecule has 0 bridgehead atoms. The SMILES string of the molecule is CCOc1cc(OCC)c([N+](=O)[O-])cc1/C=N\Nc1nc(-c2cccs2)cs1. The number of anilines is 1. The number of rotatable bonds is 9. The number of nitro groups is 1. The summed E-state index contributed by atoms with van der Waals surface area (Å²) in [5.74, 6) is 0.627. The van der Waals surface area contributed by atoms with Gasteiger partial charge in [-0.2, -0.15) is 5.10 Å². The molecular weight excluding hydrogens is 400 g/mol. The lowest BCUT2D eigenvalue weighted by Gasteiger charge is -2.10. The molecule has 0 spiro atoms. The number of aromatic nitrogens is 1. The van der Waals surface area contributed by atoms with Crippen molar-refractivity contribution in [1.29, 1.82) is 0 Å². The molecule has 3 rings (SSSR count). The molecule has 0 saturated carbocycles. The number of thiazole rings is 1. The fourth-order valence-electron chi connectivity index (χ4n) is 2.38. The molecule has 2 aromatic heterocycles. The summed E-state index contributed by atoms with van der Waals surface area (Å²) < 4.78 is 10.9. The number of nitrogens with one attached hydrogen (secondary N) is 1. The number of thiophene rings is 1. The second-order valence-electron chi connectivity index (χ2n) is 5.37. The minimum absolute atomic E-state index is 0.138. The summed E-state index contributed by atoms with van der Waals surface area (Å²) >= 11 is 3.04. The Labute approximate surface area is 169 Å². The second kappa shape index (κ2) is 9.29. The second-order valence-corrected chi connectivity index (χ2v) is 7.17. The van der Waals surface area contributed by atoms with Gasteiger partial charge in [0.2, 0.25) is 10.9 Å². The van der Waals surface area contributed by atoms with Gasteiger partial charge in [0.1, 0.15) is 5.75 Å². The standard InChI is InChI=1S/C18H18N4O4S2/c1-3-25-15-9-16(26-4-2)14(22(23)24)8-12(15)10-19-21-18-20-13(11-28-18)17-6-5-7-27-17/h5-11H,3-4H2,1-2H3,(H,20,21)/b19-10-. The van der Waals surface area contributed by atoms with Crippen LogP contribution in [0.25, 0.3) is 10.6 Å². The van der Waals surface area contributed by atoms with Crippen LogP contribution in [0.2, 0.25) is 0 Å². The van der Waals surface area contributed by atoms with Crippen LogP contribution in [0.3, 0.4) is 0 Å². The van der Waals surface area contributed by atoms with Gasteiger partial charge in [0.05, 0.1) is 34.9 Å². The Kier molecular flexibility index (Phi) is 6.56. The third kappa shape index (κ3) is 4.65. The Morgan fingerprint density at radius 2 is 2.04 bits per heavy atom. The lowest BCUT2D eigenvalue weighted by molar-refractivity contribution is -0.385. The molecule has 146 valence electrons. The molecule has 0 aliphatic heterocycles. The van der Waals surface area contributed by atoms with Crippen LogP contribution < -0.4 is 14.9 Å². The van der Waals surface area contributed by atoms with Crippen molar-refractivity contribution in [3.63, 3.8) is 0 Å². The summed E-state index contributed by atoms with van der Waals surface area (Å²) in [6.07, 6.45) is 1.47. The van der Waals surface area contributed by atoms with Crippen molar-refractivity contribution in [1.82, 2.24) is 4.98 Å². The third-order valence-corrected chi connectivity index (χ3v) is 5.17. The van der Waals surface area contributed by atoms with E-state index in [1.54, 1.807) is 18.3 Å². The van der Waals surface area contributed by atoms with Gasteiger partial charge in [0, 0.05) is 23.1 Å². The lowest BCUT2D eigenvalue weighted by atomic mass is 10.1. The van der Waals surface area contributed by atoms with E-state index in [9.17, 15) is 10.1 Å². The molecule has 8 nitrogen and oxygen atoms in total. The molecule has 1 N–H and O–H groups in total. The van der Waals surface area contributed by atoms with Crippen molar-refractivity contribution in [3.05, 3.63) is 50.7 Å². The number of nitrogens with zero attached hydrogens (tertiary/aromatic N) is 3. The topological polar surface area (TPSA) is 98.9 Å². The average molecular weight is 419 g/mol. The van der Waals surface area contributed by atoms with E-state index in [4.69, 9.17) is 9.47 Å². The van der Waals surface area contributed by atoms with Gasteiger partial charge in [-0.05, 0) is 25.3 Å². The van der Waals surface area contributed by atoms with Crippen molar-refractivity contribution in [2.45, 2.75) is 13.8 Å². The highest BCUT2D eigenvalue weighted by Gasteiger charge is 2.19. The molecule has 0 unspecified atom stereocenters. The molecule has 0 aliphatic carbocycles. The van der Waals surface area contributed by atoms with Gasteiger partial charge < -0.3 is 9.47 Å². The zero-order valence-electron chi connectivity index (χ0n) is 15.2. The molecule has 28 heavy (non-hydrogen) atoms. The van der Waals surface area contributed by atoms with Crippen molar-refractivity contribution in [2.24, 2.45) is 5.10 Å². The van der Waals surface area contributed by atoms with Crippen LogP contribution in [0.5, 0.6) is 11.5 Å². The normalized spacial score (nSPS) is 10.9. The van der Waals surface area contributed by atoms with E-state index in [-0.39, 0.29) is 11.4 Å². The third-order valence-electron chi connectivity index (χ3n) is 3.53. The largest absolute Gasteiger partial charge is 0.493 e. The van der Waals surface area contributed by atoms with E-state index in [1.165, 1.54) is 29.7 Å². The molecule has 3 aromatic rings. The van der Waals surface area contributed by atoms with Crippen LogP contribution in [0, 0.1) is 10.1 Å². The maximum atomic E-state index is 11.3. The van der Waals surface area contributed by atoms with E-state index in [1.807, 2.05) is 29.8 Å². The Bertz CT molecular complexity index is 970. The number of benzene rings is 1. The zero-order valence-corrected chi connectivity index (χ0v) is 16.9. The average Bonchev–Trinajstić information content (AvgIpc) is 3.35. The van der Waals surface area contributed by atoms with E-state index < -0.39 is 4.92 Å². The fraction of sp³-hybridized carbons (Fsp3) is 0.222. The van der Waals surface area contributed by atoms with Gasteiger partial charge >= 0.3 is 5.69 Å². The molecule has 10 heteroatoms. The highest BCUT2D eigenvalue weighted by molar-refractivity contribution is 7.15. The van der Waals surface area contributed by atoms with E-state index >= 15 is 0 Å². The number of hydrogen-bond donors (Lipinski definition) is 1. The molecule has 0 radical (unpaired) electrons. The van der Waals surface area contributed by atoms with Gasteiger partial charge in [-0.1, -0.05) is 6.07 Å². The summed E-state index contributed by atoms with van der Waals surface area (Å²) in [5.41, 5.74) is 4.07. The first-order valence-electron chi connectivity index (χ1n) is 8.48. The van der Waals surface area contributed by atoms with Crippen molar-refractivity contribution in [3.8, 4) is 22.1 Å². The van der Waals surface area contributed by atoms with Crippen LogP contribution in [-0.2, 0) is 0 Å². The minimum atomic E-state index is -0.486. The van der Waals surface area contributed by atoms with Gasteiger partial charge in [-0.25, -0.2) is 4.98 Å². The Morgan fingerprint density at radius 1 is 1.25 bits per heavy atom. The Balaban J connectivity index is 1.81. The monoisotopic (exact) mass is 418 g/mol. The molecule has 0 amide bonds. The Hall–Kier alpha value is -2.98. The number of ether oxygens (including phenoxy) is 2. The van der Waals surface area contributed by atoms with Crippen molar-refractivity contribution in [2.75, 3.05) is 18.6 Å². The van der Waals surface area contributed by atoms with Crippen LogP contribution in [0.4, 0.5) is 10.8 Å². The van der Waals surface area contributed by atoms with Gasteiger partial charge in [-0.3, -0.25) is 15.5 Å². The van der Waals surface area contributed by atoms with E-state index in [0.717, 1.165) is 10.6 Å². The highest BCUT2D eigenvalue weighted by atomic mass is 32.1. The van der Waals surface area contributed by atoms with Crippen LogP contribution >= 0.6 is 22.7 Å². The smallest absolute Gasteiger partial charge is 0.311 e. The van der Waals surface area contributed by atoms with Gasteiger partial charge in [0.25, 0.3) is 0 Å². The first kappa shape index (κ1) is 19.8. The molecular formula is C18H18N4O4S2. The molecule has 0 aliphatic rings. The van der Waals surface area contributed by atoms with Crippen molar-refractivity contribution < 1.29 is 14.4 Å². The Morgan fingerprint density at radius 3 is 2.71 bits per heavy atom. The molecule has 0 saturated heterocycles. The van der Waals surface area contributed by atoms with Crippen LogP contribution in [0.1, 0.15) is 19.4 Å². The van der Waals surface area contributed by atoms with Gasteiger partial charge in [0.15, 0.2) is 0 Å². The summed E-state index contributed by atoms with van der Waals surface area (Å²) in [6.45, 7) is 4.33. The maximum Gasteiger partial charge on any atom is 0.311 e. The predicted octanol–water partition coefficient (Wildman–Crippen LogP) is 5.02. The maximum absolute atomic E-state index is 11.3. The first-order valence-corrected chi connectivity index (χ1v) is 10.2. The molecule has 0 atom stereocenters. The summed E-state index contributed by atoms with van der Waals surface area (Å²) in [5, 5.41) is 20.1. The highest BCUT2D eigenvalue weighted by Crippen LogP contribution is 2.34. The van der Waals surface area contributed by atoms with Crippen LogP contribution in [-0.4, -0.2) is 29.3 Å². The number of nitro benzene ring substituents is 1. The predicted molar refractivity (Wildman–Crippen MR) is 112 cm³/mol. The quantitative estimate of drug-likeness (QED) is 0.297. The summed E-state index contributed by atoms with van der Waals surface area (Å²) in [6, 6.07) is 6.88. The molecule has 0 fully saturated rings. The van der Waals surface area contributed by atoms with E-state index in [2.05, 4.69) is 15.5 Å². The lowest BCUT2D eigenvalue weighted by Crippen LogP contribution is -2.03. The zero-order chi connectivity index (χ0) is 19.9. The minimum Gasteiger partial charge on any atom is -0.493 e. The molecule has 1 aromatic carbocycles. The van der Waals surface area contributed by atoms with Gasteiger partial charge in [-0.15, -0.1) is 22.7 Å². The summed E-state index contributed by atoms with van der Waals surface area (Å²) in [7, 11) is 0. The fourth-order valence-corrected chi connectivity index (χ4v) is 3.80. The number of hydrazone groups is 1. The first-order chi connectivity index (χ1) is 13.6. The van der Waals surface area contributed by atoms with Crippen molar-refractivity contribution >= 4 is 39.7 Å². The van der Waals surface area contributed by atoms with Crippen LogP contribution in [0.15, 0.2) is 40.1 Å². The number of hydrogen-bond acceptors (Lipinski definition) is 9. The van der Waals surface area contributed by atoms with E-state index in [0.29, 0.717) is 29.7 Å². The molecule has 2 heterocycles.